The molecule has 1 aliphatic rings. The monoisotopic (exact) mass is 165 g/mol. The van der Waals surface area contributed by atoms with Gasteiger partial charge in [0.15, 0.2) is 0 Å². The normalized spacial score (nSPS) is 18.7. The largest absolute Gasteiger partial charge is 0.463 e. The summed E-state index contributed by atoms with van der Waals surface area (Å²) < 4.78 is 4.67. The fourth-order valence-electron chi connectivity index (χ4n) is 0.868. The Bertz CT molecular complexity index is 246. The summed E-state index contributed by atoms with van der Waals surface area (Å²) >= 11 is 0. The van der Waals surface area contributed by atoms with Crippen LogP contribution in [0.5, 0.6) is 0 Å². The molecule has 0 N–H and O–H groups in total. The molecule has 0 saturated heterocycles. The van der Waals surface area contributed by atoms with Crippen LogP contribution in [0.2, 0.25) is 0 Å². The molecule has 1 rings (SSSR count). The number of rotatable bonds is 3. The van der Waals surface area contributed by atoms with Crippen molar-refractivity contribution in [3.05, 3.63) is 12.2 Å². The van der Waals surface area contributed by atoms with Gasteiger partial charge in [-0.1, -0.05) is 6.08 Å². The molecule has 1 aliphatic carbocycles. The van der Waals surface area contributed by atoms with Gasteiger partial charge in [-0.15, -0.1) is 0 Å². The van der Waals surface area contributed by atoms with Crippen LogP contribution in [0.3, 0.4) is 0 Å². The van der Waals surface area contributed by atoms with Crippen LogP contribution in [0.4, 0.5) is 0 Å². The van der Waals surface area contributed by atoms with Gasteiger partial charge >= 0.3 is 5.97 Å². The van der Waals surface area contributed by atoms with Crippen LogP contribution < -0.4 is 0 Å². The lowest BCUT2D eigenvalue weighted by molar-refractivity contribution is -0.137. The molecule has 0 unspecified atom stereocenters. The molecule has 0 aromatic carbocycles. The average Bonchev–Trinajstić information content (AvgIpc) is 2.82. The number of carbonyl (C=O) groups is 1. The van der Waals surface area contributed by atoms with Crippen molar-refractivity contribution in [3.8, 4) is 6.07 Å². The summed E-state index contributed by atoms with van der Waals surface area (Å²) in [5.74, 6) is -0.362. The first-order valence-electron chi connectivity index (χ1n) is 4.00. The van der Waals surface area contributed by atoms with Crippen molar-refractivity contribution in [2.75, 3.05) is 6.61 Å². The van der Waals surface area contributed by atoms with E-state index in [1.165, 1.54) is 6.08 Å². The van der Waals surface area contributed by atoms with E-state index in [1.807, 2.05) is 0 Å². The van der Waals surface area contributed by atoms with Crippen LogP contribution in [0, 0.1) is 16.7 Å². The Morgan fingerprint density at radius 2 is 2.42 bits per heavy atom. The SMILES string of the molecule is CCOC(=O)C=CC1(C#N)CC1. The smallest absolute Gasteiger partial charge is 0.330 e. The predicted molar refractivity (Wildman–Crippen MR) is 43.1 cm³/mol. The second-order valence-corrected chi connectivity index (χ2v) is 2.85. The van der Waals surface area contributed by atoms with Crippen molar-refractivity contribution in [2.45, 2.75) is 19.8 Å². The topological polar surface area (TPSA) is 50.1 Å². The molecule has 0 heterocycles. The van der Waals surface area contributed by atoms with Crippen molar-refractivity contribution in [1.29, 1.82) is 5.26 Å². The molecule has 0 bridgehead atoms. The Balaban J connectivity index is 2.40. The third kappa shape index (κ3) is 2.09. The summed E-state index contributed by atoms with van der Waals surface area (Å²) in [7, 11) is 0. The molecule has 0 aromatic heterocycles. The van der Waals surface area contributed by atoms with Gasteiger partial charge in [0, 0.05) is 6.08 Å². The van der Waals surface area contributed by atoms with Gasteiger partial charge in [-0.2, -0.15) is 5.26 Å². The lowest BCUT2D eigenvalue weighted by Crippen LogP contribution is -2.00. The number of carbonyl (C=O) groups excluding carboxylic acids is 1. The van der Waals surface area contributed by atoms with Crippen LogP contribution in [0.1, 0.15) is 19.8 Å². The molecule has 0 aromatic rings. The highest BCUT2D eigenvalue weighted by Crippen LogP contribution is 2.46. The van der Waals surface area contributed by atoms with Gasteiger partial charge in [-0.25, -0.2) is 4.79 Å². The van der Waals surface area contributed by atoms with Gasteiger partial charge < -0.3 is 4.74 Å². The van der Waals surface area contributed by atoms with E-state index in [0.29, 0.717) is 6.61 Å². The number of allylic oxidation sites excluding steroid dienone is 1. The first kappa shape index (κ1) is 8.79. The quantitative estimate of drug-likeness (QED) is 0.469. The summed E-state index contributed by atoms with van der Waals surface area (Å²) in [6.07, 6.45) is 4.71. The third-order valence-electron chi connectivity index (χ3n) is 1.84. The second kappa shape index (κ2) is 3.40. The van der Waals surface area contributed by atoms with Crippen molar-refractivity contribution >= 4 is 5.97 Å². The average molecular weight is 165 g/mol. The molecule has 1 saturated carbocycles. The second-order valence-electron chi connectivity index (χ2n) is 2.85. The summed E-state index contributed by atoms with van der Waals surface area (Å²) in [6.45, 7) is 2.13. The summed E-state index contributed by atoms with van der Waals surface area (Å²) in [4.78, 5) is 10.8. The van der Waals surface area contributed by atoms with Gasteiger partial charge in [0.25, 0.3) is 0 Å². The standard InChI is InChI=1S/C9H11NO2/c1-2-12-8(11)3-4-9(7-10)5-6-9/h3-4H,2,5-6H2,1H3. The van der Waals surface area contributed by atoms with Crippen molar-refractivity contribution < 1.29 is 9.53 Å². The van der Waals surface area contributed by atoms with E-state index in [4.69, 9.17) is 5.26 Å². The lowest BCUT2D eigenvalue weighted by atomic mass is 10.1. The highest BCUT2D eigenvalue weighted by Gasteiger charge is 2.40. The zero-order valence-corrected chi connectivity index (χ0v) is 7.04. The molecule has 0 amide bonds. The Morgan fingerprint density at radius 1 is 1.75 bits per heavy atom. The van der Waals surface area contributed by atoms with E-state index < -0.39 is 0 Å². The number of esters is 1. The molecule has 64 valence electrons. The lowest BCUT2D eigenvalue weighted by Gasteiger charge is -1.96. The Labute approximate surface area is 71.6 Å². The minimum absolute atomic E-state index is 0.354. The fraction of sp³-hybridized carbons (Fsp3) is 0.556. The maximum absolute atomic E-state index is 10.8. The number of nitrogens with zero attached hydrogens (tertiary/aromatic N) is 1. The summed E-state index contributed by atoms with van der Waals surface area (Å²) in [5.41, 5.74) is -0.354. The molecule has 3 heteroatoms. The number of hydrogen-bond acceptors (Lipinski definition) is 3. The number of ether oxygens (including phenoxy) is 1. The molecule has 3 nitrogen and oxygen atoms in total. The molecule has 0 spiro atoms. The summed E-state index contributed by atoms with van der Waals surface area (Å²) in [6, 6.07) is 2.16. The maximum Gasteiger partial charge on any atom is 0.330 e. The van der Waals surface area contributed by atoms with Crippen LogP contribution in [-0.4, -0.2) is 12.6 Å². The van der Waals surface area contributed by atoms with E-state index in [9.17, 15) is 4.79 Å². The van der Waals surface area contributed by atoms with Gasteiger partial charge in [-0.3, -0.25) is 0 Å². The van der Waals surface area contributed by atoms with Crippen LogP contribution in [0.25, 0.3) is 0 Å². The van der Waals surface area contributed by atoms with Crippen LogP contribution in [0.15, 0.2) is 12.2 Å². The van der Waals surface area contributed by atoms with Gasteiger partial charge in [0.05, 0.1) is 18.1 Å². The van der Waals surface area contributed by atoms with E-state index in [2.05, 4.69) is 10.8 Å². The van der Waals surface area contributed by atoms with Crippen molar-refractivity contribution in [1.82, 2.24) is 0 Å². The zero-order chi connectivity index (χ0) is 9.03. The zero-order valence-electron chi connectivity index (χ0n) is 7.04. The van der Waals surface area contributed by atoms with Crippen LogP contribution >= 0.6 is 0 Å². The summed E-state index contributed by atoms with van der Waals surface area (Å²) in [5, 5.41) is 8.65. The maximum atomic E-state index is 10.8. The van der Waals surface area contributed by atoms with Crippen LogP contribution in [-0.2, 0) is 9.53 Å². The molecule has 0 radical (unpaired) electrons. The highest BCUT2D eigenvalue weighted by molar-refractivity contribution is 5.82. The van der Waals surface area contributed by atoms with Crippen molar-refractivity contribution in [2.24, 2.45) is 5.41 Å². The predicted octanol–water partition coefficient (Wildman–Crippen LogP) is 1.41. The fourth-order valence-corrected chi connectivity index (χ4v) is 0.868. The van der Waals surface area contributed by atoms with E-state index in [0.717, 1.165) is 12.8 Å². The van der Waals surface area contributed by atoms with Crippen molar-refractivity contribution in [3.63, 3.8) is 0 Å². The van der Waals surface area contributed by atoms with E-state index >= 15 is 0 Å². The minimum atomic E-state index is -0.362. The Morgan fingerprint density at radius 3 is 2.83 bits per heavy atom. The Kier molecular flexibility index (Phi) is 2.49. The molecule has 12 heavy (non-hydrogen) atoms. The Hall–Kier alpha value is -1.30. The highest BCUT2D eigenvalue weighted by atomic mass is 16.5. The van der Waals surface area contributed by atoms with E-state index in [-0.39, 0.29) is 11.4 Å². The number of hydrogen-bond donors (Lipinski definition) is 0. The molecular weight excluding hydrogens is 154 g/mol. The molecule has 0 atom stereocenters. The van der Waals surface area contributed by atoms with Gasteiger partial charge in [0.2, 0.25) is 0 Å². The van der Waals surface area contributed by atoms with E-state index in [1.54, 1.807) is 13.0 Å². The minimum Gasteiger partial charge on any atom is -0.463 e. The number of nitriles is 1. The van der Waals surface area contributed by atoms with Gasteiger partial charge in [-0.05, 0) is 19.8 Å². The first-order valence-corrected chi connectivity index (χ1v) is 4.00. The molecular formula is C9H11NO2. The van der Waals surface area contributed by atoms with Gasteiger partial charge in [0.1, 0.15) is 0 Å². The first-order chi connectivity index (χ1) is 5.72. The molecule has 1 fully saturated rings. The third-order valence-corrected chi connectivity index (χ3v) is 1.84. The molecule has 0 aliphatic heterocycles.